The molecule has 0 spiro atoms. The molecule has 0 aliphatic carbocycles. The predicted molar refractivity (Wildman–Crippen MR) is 123 cm³/mol. The summed E-state index contributed by atoms with van der Waals surface area (Å²) in [4.78, 5) is 35.4. The monoisotopic (exact) mass is 460 g/mol. The van der Waals surface area contributed by atoms with Gasteiger partial charge in [0.2, 0.25) is 0 Å². The van der Waals surface area contributed by atoms with Crippen LogP contribution in [0, 0.1) is 0 Å². The quantitative estimate of drug-likeness (QED) is 0.421. The molecule has 5 rings (SSSR count). The Hall–Kier alpha value is -4.31. The maximum Gasteiger partial charge on any atom is 0.267 e. The minimum absolute atomic E-state index is 0.00963. The van der Waals surface area contributed by atoms with Gasteiger partial charge in [0.1, 0.15) is 11.4 Å². The van der Waals surface area contributed by atoms with Crippen LogP contribution in [0.3, 0.4) is 0 Å². The molecule has 0 aliphatic heterocycles. The number of nitrogen functional groups attached to an aromatic ring is 1. The fraction of sp³-hybridized carbons (Fsp3) is 0.0909. The van der Waals surface area contributed by atoms with Crippen LogP contribution < -0.4 is 16.6 Å². The third kappa shape index (κ3) is 3.46. The number of hydrogen-bond acceptors (Lipinski definition) is 7. The Labute approximate surface area is 191 Å². The number of carbonyl (C=O) groups excluding carboxylic acids is 1. The van der Waals surface area contributed by atoms with E-state index in [0.717, 1.165) is 0 Å². The highest BCUT2D eigenvalue weighted by Crippen LogP contribution is 2.23. The smallest absolute Gasteiger partial charge is 0.267 e. The number of benzene rings is 2. The Morgan fingerprint density at radius 3 is 2.70 bits per heavy atom. The number of fused-ring (bicyclic) bond motifs is 2. The Morgan fingerprint density at radius 2 is 1.91 bits per heavy atom. The number of hydrogen-bond donors (Lipinski definition) is 2. The molecule has 3 heterocycles. The number of amides is 1. The molecular formula is C22H17ClN8O2. The molecule has 10 nitrogen and oxygen atoms in total. The van der Waals surface area contributed by atoms with Gasteiger partial charge in [-0.25, -0.2) is 9.97 Å². The third-order valence-electron chi connectivity index (χ3n) is 5.16. The molecule has 0 unspecified atom stereocenters. The van der Waals surface area contributed by atoms with Gasteiger partial charge < -0.3 is 11.1 Å². The van der Waals surface area contributed by atoms with Crippen molar-refractivity contribution in [3.05, 3.63) is 87.7 Å². The summed E-state index contributed by atoms with van der Waals surface area (Å²) in [6.07, 6.45) is 2.88. The van der Waals surface area contributed by atoms with Gasteiger partial charge in [-0.2, -0.15) is 5.10 Å². The number of nitrogens with zero attached hydrogens (tertiary/aromatic N) is 6. The summed E-state index contributed by atoms with van der Waals surface area (Å²) >= 11 is 6.32. The zero-order valence-corrected chi connectivity index (χ0v) is 18.1. The van der Waals surface area contributed by atoms with Crippen LogP contribution >= 0.6 is 11.6 Å². The first-order valence-electron chi connectivity index (χ1n) is 9.98. The van der Waals surface area contributed by atoms with E-state index in [-0.39, 0.29) is 22.6 Å². The van der Waals surface area contributed by atoms with Crippen molar-refractivity contribution in [1.82, 2.24) is 34.7 Å². The normalized spacial score (nSPS) is 12.2. The van der Waals surface area contributed by atoms with Gasteiger partial charge in [-0.1, -0.05) is 35.9 Å². The van der Waals surface area contributed by atoms with E-state index in [2.05, 4.69) is 25.5 Å². The van der Waals surface area contributed by atoms with Crippen molar-refractivity contribution in [3.63, 3.8) is 0 Å². The summed E-state index contributed by atoms with van der Waals surface area (Å²) in [6, 6.07) is 13.4. The molecule has 5 aromatic rings. The van der Waals surface area contributed by atoms with Gasteiger partial charge in [-0.15, -0.1) is 9.73 Å². The van der Waals surface area contributed by atoms with E-state index in [4.69, 9.17) is 17.3 Å². The summed E-state index contributed by atoms with van der Waals surface area (Å²) in [5.41, 5.74) is 6.94. The summed E-state index contributed by atoms with van der Waals surface area (Å²) in [5, 5.41) is 11.5. The summed E-state index contributed by atoms with van der Waals surface area (Å²) in [6.45, 7) is 1.73. The third-order valence-corrected chi connectivity index (χ3v) is 5.48. The molecule has 2 aromatic carbocycles. The second-order valence-corrected chi connectivity index (χ2v) is 7.70. The van der Waals surface area contributed by atoms with Gasteiger partial charge in [0.25, 0.3) is 11.5 Å². The van der Waals surface area contributed by atoms with E-state index in [1.54, 1.807) is 37.3 Å². The highest BCUT2D eigenvalue weighted by atomic mass is 35.5. The Balaban J connectivity index is 1.64. The topological polar surface area (TPSA) is 133 Å². The highest BCUT2D eigenvalue weighted by molar-refractivity contribution is 6.35. The SMILES string of the molecule is C[C@H](NC(=O)c1c(N)nn2nccnc12)c1nc2cccc(Cl)c2c(=O)n1-c1ccccc1. The maximum absolute atomic E-state index is 13.5. The van der Waals surface area contributed by atoms with E-state index >= 15 is 0 Å². The van der Waals surface area contributed by atoms with Crippen molar-refractivity contribution >= 4 is 39.9 Å². The van der Waals surface area contributed by atoms with Gasteiger partial charge in [0, 0.05) is 6.20 Å². The number of nitrogens with one attached hydrogen (secondary N) is 1. The molecule has 33 heavy (non-hydrogen) atoms. The van der Waals surface area contributed by atoms with Crippen LogP contribution in [0.25, 0.3) is 22.2 Å². The molecule has 0 saturated heterocycles. The van der Waals surface area contributed by atoms with Gasteiger partial charge in [-0.3, -0.25) is 14.2 Å². The molecule has 164 valence electrons. The average Bonchev–Trinajstić information content (AvgIpc) is 3.15. The van der Waals surface area contributed by atoms with E-state index < -0.39 is 11.9 Å². The van der Waals surface area contributed by atoms with E-state index in [9.17, 15) is 9.59 Å². The molecule has 0 saturated carbocycles. The standard InChI is InChI=1S/C22H17ClN8O2/c1-12(27-21(32)17-18(24)29-31-20(17)25-10-11-26-31)19-28-15-9-5-8-14(23)16(15)22(33)30(19)13-6-3-2-4-7-13/h2-12H,1H3,(H2,24,29)(H,27,32)/t12-/m0/s1. The molecule has 0 radical (unpaired) electrons. The zero-order valence-electron chi connectivity index (χ0n) is 17.3. The fourth-order valence-corrected chi connectivity index (χ4v) is 3.93. The molecule has 1 atom stereocenters. The lowest BCUT2D eigenvalue weighted by atomic mass is 10.2. The highest BCUT2D eigenvalue weighted by Gasteiger charge is 2.25. The molecule has 1 amide bonds. The lowest BCUT2D eigenvalue weighted by molar-refractivity contribution is 0.0940. The second-order valence-electron chi connectivity index (χ2n) is 7.29. The Bertz CT molecular complexity index is 1580. The van der Waals surface area contributed by atoms with E-state index in [1.165, 1.54) is 21.6 Å². The molecule has 0 fully saturated rings. The van der Waals surface area contributed by atoms with Crippen LogP contribution in [0.2, 0.25) is 5.02 Å². The van der Waals surface area contributed by atoms with Crippen molar-refractivity contribution in [2.45, 2.75) is 13.0 Å². The number of carbonyl (C=O) groups is 1. The summed E-state index contributed by atoms with van der Waals surface area (Å²) in [5.74, 6) is -0.199. The van der Waals surface area contributed by atoms with Gasteiger partial charge in [-0.05, 0) is 31.2 Å². The summed E-state index contributed by atoms with van der Waals surface area (Å²) < 4.78 is 2.63. The number of aromatic nitrogens is 6. The van der Waals surface area contributed by atoms with Crippen LogP contribution in [-0.4, -0.2) is 35.3 Å². The lowest BCUT2D eigenvalue weighted by Gasteiger charge is -2.20. The molecule has 11 heteroatoms. The van der Waals surface area contributed by atoms with Gasteiger partial charge in [0.15, 0.2) is 11.5 Å². The number of rotatable bonds is 4. The number of nitrogens with two attached hydrogens (primary N) is 1. The molecule has 0 bridgehead atoms. The maximum atomic E-state index is 13.5. The van der Waals surface area contributed by atoms with Crippen molar-refractivity contribution < 1.29 is 4.79 Å². The first-order chi connectivity index (χ1) is 16.0. The molecular weight excluding hydrogens is 444 g/mol. The van der Waals surface area contributed by atoms with Crippen LogP contribution in [-0.2, 0) is 0 Å². The van der Waals surface area contributed by atoms with E-state index in [1.807, 2.05) is 18.2 Å². The van der Waals surface area contributed by atoms with Crippen molar-refractivity contribution in [3.8, 4) is 5.69 Å². The van der Waals surface area contributed by atoms with Crippen molar-refractivity contribution in [2.24, 2.45) is 0 Å². The van der Waals surface area contributed by atoms with Crippen molar-refractivity contribution in [1.29, 1.82) is 0 Å². The minimum atomic E-state index is -0.681. The molecule has 0 aliphatic rings. The molecule has 3 aromatic heterocycles. The van der Waals surface area contributed by atoms with Crippen LogP contribution in [0.4, 0.5) is 5.82 Å². The first-order valence-corrected chi connectivity index (χ1v) is 10.4. The Kier molecular flexibility index (Phi) is 4.98. The average molecular weight is 461 g/mol. The zero-order chi connectivity index (χ0) is 23.1. The predicted octanol–water partition coefficient (Wildman–Crippen LogP) is 2.55. The fourth-order valence-electron chi connectivity index (χ4n) is 3.68. The second kappa shape index (κ2) is 7.99. The van der Waals surface area contributed by atoms with Gasteiger partial charge in [0.05, 0.1) is 33.9 Å². The van der Waals surface area contributed by atoms with Crippen LogP contribution in [0.15, 0.2) is 65.7 Å². The number of para-hydroxylation sites is 1. The first kappa shape index (κ1) is 20.6. The number of halogens is 1. The van der Waals surface area contributed by atoms with E-state index in [0.29, 0.717) is 27.4 Å². The van der Waals surface area contributed by atoms with Gasteiger partial charge >= 0.3 is 0 Å². The van der Waals surface area contributed by atoms with Crippen LogP contribution in [0.5, 0.6) is 0 Å². The van der Waals surface area contributed by atoms with Crippen molar-refractivity contribution in [2.75, 3.05) is 5.73 Å². The number of anilines is 1. The largest absolute Gasteiger partial charge is 0.381 e. The van der Waals surface area contributed by atoms with Crippen LogP contribution in [0.1, 0.15) is 29.1 Å². The Morgan fingerprint density at radius 1 is 1.12 bits per heavy atom. The molecule has 3 N–H and O–H groups in total. The lowest BCUT2D eigenvalue weighted by Crippen LogP contribution is -2.33. The summed E-state index contributed by atoms with van der Waals surface area (Å²) in [7, 11) is 0. The minimum Gasteiger partial charge on any atom is -0.381 e.